The first-order valence-electron chi connectivity index (χ1n) is 10.7. The van der Waals surface area contributed by atoms with Crippen molar-refractivity contribution >= 4 is 40.5 Å². The number of Topliss-reactive ketones (excluding diaryl/α,β-unsaturated/α-hetero) is 2. The molecule has 1 unspecified atom stereocenters. The van der Waals surface area contributed by atoms with Crippen molar-refractivity contribution in [2.75, 3.05) is 5.32 Å². The van der Waals surface area contributed by atoms with Crippen LogP contribution in [0.15, 0.2) is 23.6 Å². The van der Waals surface area contributed by atoms with Crippen molar-refractivity contribution in [3.63, 3.8) is 0 Å². The Bertz CT molecular complexity index is 1170. The second-order valence-corrected chi connectivity index (χ2v) is 9.37. The van der Waals surface area contributed by atoms with Gasteiger partial charge in [-0.3, -0.25) is 14.4 Å². The van der Waals surface area contributed by atoms with Crippen LogP contribution in [0.2, 0.25) is 0 Å². The molecule has 1 aliphatic heterocycles. The summed E-state index contributed by atoms with van der Waals surface area (Å²) in [5.41, 5.74) is 0.426. The van der Waals surface area contributed by atoms with E-state index in [4.69, 9.17) is 0 Å². The van der Waals surface area contributed by atoms with Gasteiger partial charge in [-0.05, 0) is 43.0 Å². The van der Waals surface area contributed by atoms with Gasteiger partial charge in [0.2, 0.25) is 0 Å². The minimum atomic E-state index is -4.53. The smallest absolute Gasteiger partial charge is 0.333 e. The number of alkyl halides is 3. The van der Waals surface area contributed by atoms with Gasteiger partial charge in [-0.15, -0.1) is 11.3 Å². The molecule has 3 amide bonds. The van der Waals surface area contributed by atoms with Crippen LogP contribution >= 0.6 is 11.3 Å². The number of carbonyl (C=O) groups excluding carboxylic acids is 4. The van der Waals surface area contributed by atoms with Crippen molar-refractivity contribution in [1.29, 1.82) is 0 Å². The Hall–Kier alpha value is -3.21. The molecule has 2 aromatic rings. The Kier molecular flexibility index (Phi) is 6.48. The first kappa shape index (κ1) is 23.9. The molecule has 7 nitrogen and oxygen atoms in total. The van der Waals surface area contributed by atoms with Gasteiger partial charge in [0.25, 0.3) is 5.91 Å². The van der Waals surface area contributed by atoms with Gasteiger partial charge >= 0.3 is 12.2 Å². The van der Waals surface area contributed by atoms with Crippen LogP contribution in [0, 0.1) is 6.92 Å². The lowest BCUT2D eigenvalue weighted by Crippen LogP contribution is -2.41. The zero-order valence-electron chi connectivity index (χ0n) is 18.3. The number of aryl methyl sites for hydroxylation is 1. The monoisotopic (exact) mass is 493 g/mol. The summed E-state index contributed by atoms with van der Waals surface area (Å²) >= 11 is 1.29. The van der Waals surface area contributed by atoms with Gasteiger partial charge in [0.05, 0.1) is 30.1 Å². The molecule has 0 saturated heterocycles. The van der Waals surface area contributed by atoms with E-state index in [1.807, 2.05) is 0 Å². The van der Waals surface area contributed by atoms with E-state index in [1.165, 1.54) is 35.3 Å². The van der Waals surface area contributed by atoms with Crippen LogP contribution in [-0.2, 0) is 28.9 Å². The summed E-state index contributed by atoms with van der Waals surface area (Å²) in [6, 6.07) is 2.23. The predicted octanol–water partition coefficient (Wildman–Crippen LogP) is 4.43. The van der Waals surface area contributed by atoms with Crippen molar-refractivity contribution in [2.24, 2.45) is 0 Å². The van der Waals surface area contributed by atoms with Gasteiger partial charge < -0.3 is 15.5 Å². The van der Waals surface area contributed by atoms with Gasteiger partial charge in [-0.25, -0.2) is 4.79 Å². The molecule has 0 radical (unpaired) electrons. The van der Waals surface area contributed by atoms with Crippen molar-refractivity contribution in [3.05, 3.63) is 50.7 Å². The van der Waals surface area contributed by atoms with Gasteiger partial charge in [0.15, 0.2) is 5.78 Å². The Morgan fingerprint density at radius 1 is 1.24 bits per heavy atom. The minimum Gasteiger partial charge on any atom is -0.333 e. The number of nitrogens with zero attached hydrogens (tertiary/aromatic N) is 1. The largest absolute Gasteiger partial charge is 0.416 e. The first-order valence-corrected chi connectivity index (χ1v) is 11.6. The number of hydrogen-bond donors (Lipinski definition) is 2. The summed E-state index contributed by atoms with van der Waals surface area (Å²) < 4.78 is 39.3. The molecular weight excluding hydrogens is 471 g/mol. The van der Waals surface area contributed by atoms with Gasteiger partial charge in [0.1, 0.15) is 5.78 Å². The molecule has 1 aromatic carbocycles. The van der Waals surface area contributed by atoms with Crippen molar-refractivity contribution in [2.45, 2.75) is 57.9 Å². The minimum absolute atomic E-state index is 0.00890. The van der Waals surface area contributed by atoms with E-state index >= 15 is 0 Å². The van der Waals surface area contributed by atoms with E-state index in [9.17, 15) is 32.3 Å². The Morgan fingerprint density at radius 2 is 2.00 bits per heavy atom. The number of hydrogen-bond acceptors (Lipinski definition) is 5. The summed E-state index contributed by atoms with van der Waals surface area (Å²) in [6.07, 6.45) is -3.36. The molecule has 1 saturated carbocycles. The maximum Gasteiger partial charge on any atom is 0.416 e. The number of fused-ring (bicyclic) bond motifs is 1. The molecule has 0 bridgehead atoms. The highest BCUT2D eigenvalue weighted by atomic mass is 32.1. The molecule has 2 aliphatic rings. The lowest BCUT2D eigenvalue weighted by molar-refractivity contribution is -0.138. The average Bonchev–Trinajstić information content (AvgIpc) is 3.24. The van der Waals surface area contributed by atoms with E-state index in [0.29, 0.717) is 30.4 Å². The van der Waals surface area contributed by atoms with Crippen LogP contribution < -0.4 is 10.6 Å². The van der Waals surface area contributed by atoms with E-state index < -0.39 is 23.8 Å². The molecule has 2 heterocycles. The van der Waals surface area contributed by atoms with Crippen molar-refractivity contribution in [3.8, 4) is 0 Å². The highest BCUT2D eigenvalue weighted by Crippen LogP contribution is 2.35. The van der Waals surface area contributed by atoms with E-state index in [1.54, 1.807) is 5.38 Å². The Labute approximate surface area is 197 Å². The van der Waals surface area contributed by atoms with Crippen LogP contribution in [0.3, 0.4) is 0 Å². The molecule has 1 atom stereocenters. The van der Waals surface area contributed by atoms with Crippen LogP contribution in [0.4, 0.5) is 23.7 Å². The maximum atomic E-state index is 13.1. The summed E-state index contributed by atoms with van der Waals surface area (Å²) in [4.78, 5) is 51.5. The van der Waals surface area contributed by atoms with E-state index in [2.05, 4.69) is 10.6 Å². The van der Waals surface area contributed by atoms with E-state index in [-0.39, 0.29) is 48.2 Å². The number of carbonyl (C=O) groups is 4. The Morgan fingerprint density at radius 3 is 2.74 bits per heavy atom. The van der Waals surface area contributed by atoms with Crippen molar-refractivity contribution in [1.82, 2.24) is 10.2 Å². The normalized spacial score (nSPS) is 18.6. The van der Waals surface area contributed by atoms with Crippen molar-refractivity contribution < 1.29 is 32.3 Å². The van der Waals surface area contributed by atoms with Crippen LogP contribution in [-0.4, -0.2) is 34.4 Å². The number of anilines is 1. The summed E-state index contributed by atoms with van der Waals surface area (Å²) in [7, 11) is 0. The fraction of sp³-hybridized carbons (Fsp3) is 0.391. The molecule has 11 heteroatoms. The third-order valence-corrected chi connectivity index (χ3v) is 7.09. The molecule has 1 aromatic heterocycles. The summed E-state index contributed by atoms with van der Waals surface area (Å²) in [5, 5.41) is 6.68. The number of benzene rings is 1. The zero-order valence-corrected chi connectivity index (χ0v) is 19.1. The standard InChI is InChI=1S/C23H22F3N3O4S/c1-12-5-6-13(7-17(12)23(24,25)26)28-22(33)27-9-20-15-10-29(21(32)16(15)11-34-20)18-4-2-3-14(30)8-19(18)31/h5-7,11,18H,2-4,8-10H2,1H3,(H2,27,28,33). The first-order chi connectivity index (χ1) is 16.0. The average molecular weight is 494 g/mol. The van der Waals surface area contributed by atoms with Gasteiger partial charge in [-0.2, -0.15) is 13.2 Å². The second-order valence-electron chi connectivity index (χ2n) is 8.41. The number of urea groups is 1. The molecule has 2 N–H and O–H groups in total. The molecule has 1 aliphatic carbocycles. The fourth-order valence-corrected chi connectivity index (χ4v) is 5.27. The van der Waals surface area contributed by atoms with Crippen LogP contribution in [0.5, 0.6) is 0 Å². The number of thiophene rings is 1. The van der Waals surface area contributed by atoms with Gasteiger partial charge in [0, 0.05) is 28.9 Å². The molecule has 34 heavy (non-hydrogen) atoms. The Balaban J connectivity index is 1.40. The third kappa shape index (κ3) is 4.84. The van der Waals surface area contributed by atoms with E-state index in [0.717, 1.165) is 10.9 Å². The lowest BCUT2D eigenvalue weighted by Gasteiger charge is -2.25. The zero-order chi connectivity index (χ0) is 24.6. The quantitative estimate of drug-likeness (QED) is 0.487. The predicted molar refractivity (Wildman–Crippen MR) is 119 cm³/mol. The number of amides is 3. The highest BCUT2D eigenvalue weighted by Gasteiger charge is 2.39. The number of rotatable bonds is 4. The SMILES string of the molecule is Cc1ccc(NC(=O)NCc2scc3c2CN(C2CCCC(=O)CC2=O)C3=O)cc1C(F)(F)F. The number of ketones is 2. The second kappa shape index (κ2) is 9.21. The topological polar surface area (TPSA) is 95.6 Å². The maximum absolute atomic E-state index is 13.1. The highest BCUT2D eigenvalue weighted by molar-refractivity contribution is 7.10. The van der Waals surface area contributed by atoms with Crippen LogP contribution in [0.1, 0.15) is 57.6 Å². The van der Waals surface area contributed by atoms with Crippen LogP contribution in [0.25, 0.3) is 0 Å². The molecule has 0 spiro atoms. The summed E-state index contributed by atoms with van der Waals surface area (Å²) in [6.45, 7) is 1.63. The third-order valence-electron chi connectivity index (χ3n) is 6.06. The molecule has 4 rings (SSSR count). The number of halogens is 3. The molecule has 1 fully saturated rings. The molecular formula is C23H22F3N3O4S. The molecule has 180 valence electrons. The summed E-state index contributed by atoms with van der Waals surface area (Å²) in [5.74, 6) is -0.630. The number of nitrogens with one attached hydrogen (secondary N) is 2. The van der Waals surface area contributed by atoms with Gasteiger partial charge in [-0.1, -0.05) is 6.07 Å². The lowest BCUT2D eigenvalue weighted by atomic mass is 10.1. The fourth-order valence-electron chi connectivity index (χ4n) is 4.30.